The van der Waals surface area contributed by atoms with E-state index in [-0.39, 0.29) is 0 Å². The number of ether oxygens (including phenoxy) is 2. The summed E-state index contributed by atoms with van der Waals surface area (Å²) < 4.78 is 15.8. The molecule has 0 saturated heterocycles. The van der Waals surface area contributed by atoms with E-state index < -0.39 is 0 Å². The third kappa shape index (κ3) is 5.37. The van der Waals surface area contributed by atoms with Crippen molar-refractivity contribution in [3.8, 4) is 11.5 Å². The highest BCUT2D eigenvalue weighted by molar-refractivity contribution is 5.79. The van der Waals surface area contributed by atoms with E-state index in [0.29, 0.717) is 18.3 Å². The first kappa shape index (κ1) is 19.6. The minimum Gasteiger partial charge on any atom is -0.497 e. The first-order valence-corrected chi connectivity index (χ1v) is 8.49. The molecular formula is C18H27N5O3. The molecule has 8 nitrogen and oxygen atoms in total. The Morgan fingerprint density at radius 2 is 2.12 bits per heavy atom. The molecule has 0 bridgehead atoms. The summed E-state index contributed by atoms with van der Waals surface area (Å²) in [7, 11) is 7.05. The van der Waals surface area contributed by atoms with Crippen LogP contribution in [0.3, 0.4) is 0 Å². The number of benzene rings is 1. The highest BCUT2D eigenvalue weighted by atomic mass is 16.5. The van der Waals surface area contributed by atoms with Crippen LogP contribution in [0.2, 0.25) is 0 Å². The molecule has 0 radical (unpaired) electrons. The van der Waals surface area contributed by atoms with Crippen molar-refractivity contribution < 1.29 is 14.0 Å². The zero-order valence-electron chi connectivity index (χ0n) is 16.1. The van der Waals surface area contributed by atoms with Crippen molar-refractivity contribution in [1.82, 2.24) is 20.4 Å². The van der Waals surface area contributed by atoms with E-state index in [1.54, 1.807) is 21.3 Å². The maximum atomic E-state index is 5.46. The molecule has 0 saturated carbocycles. The molecule has 0 aliphatic heterocycles. The van der Waals surface area contributed by atoms with Gasteiger partial charge in [-0.3, -0.25) is 4.99 Å². The molecule has 0 unspecified atom stereocenters. The van der Waals surface area contributed by atoms with Gasteiger partial charge in [0.1, 0.15) is 11.5 Å². The molecule has 2 aromatic rings. The summed E-state index contributed by atoms with van der Waals surface area (Å²) in [5.41, 5.74) is 1.06. The lowest BCUT2D eigenvalue weighted by Gasteiger charge is -2.23. The SMILES string of the molecule is CN=C(NCCCc1nc(C)no1)N(C)Cc1ccc(OC)cc1OC. The second kappa shape index (κ2) is 9.65. The van der Waals surface area contributed by atoms with Gasteiger partial charge in [-0.15, -0.1) is 0 Å². The van der Waals surface area contributed by atoms with Crippen molar-refractivity contribution in [2.75, 3.05) is 34.9 Å². The largest absolute Gasteiger partial charge is 0.497 e. The normalized spacial score (nSPS) is 11.3. The van der Waals surface area contributed by atoms with Gasteiger partial charge in [0.25, 0.3) is 0 Å². The van der Waals surface area contributed by atoms with Gasteiger partial charge in [-0.05, 0) is 25.5 Å². The highest BCUT2D eigenvalue weighted by Gasteiger charge is 2.11. The van der Waals surface area contributed by atoms with E-state index in [4.69, 9.17) is 14.0 Å². The summed E-state index contributed by atoms with van der Waals surface area (Å²) in [5, 5.41) is 7.14. The van der Waals surface area contributed by atoms with Crippen LogP contribution in [0.1, 0.15) is 23.7 Å². The number of methoxy groups -OCH3 is 2. The van der Waals surface area contributed by atoms with Crippen LogP contribution in [0.25, 0.3) is 0 Å². The quantitative estimate of drug-likeness (QED) is 0.437. The lowest BCUT2D eigenvalue weighted by atomic mass is 10.2. The molecule has 0 aliphatic carbocycles. The van der Waals surface area contributed by atoms with E-state index in [0.717, 1.165) is 42.4 Å². The third-order valence-electron chi connectivity index (χ3n) is 3.90. The van der Waals surface area contributed by atoms with E-state index in [2.05, 4.69) is 20.4 Å². The second-order valence-electron chi connectivity index (χ2n) is 5.85. The smallest absolute Gasteiger partial charge is 0.226 e. The number of hydrogen-bond donors (Lipinski definition) is 1. The summed E-state index contributed by atoms with van der Waals surface area (Å²) in [6, 6.07) is 5.80. The molecule has 26 heavy (non-hydrogen) atoms. The Morgan fingerprint density at radius 3 is 2.73 bits per heavy atom. The molecule has 0 atom stereocenters. The van der Waals surface area contributed by atoms with Gasteiger partial charge in [-0.2, -0.15) is 4.98 Å². The fourth-order valence-electron chi connectivity index (χ4n) is 2.58. The average molecular weight is 361 g/mol. The molecule has 1 aromatic carbocycles. The number of hydrogen-bond acceptors (Lipinski definition) is 6. The number of guanidine groups is 1. The molecule has 1 aromatic heterocycles. The van der Waals surface area contributed by atoms with E-state index in [9.17, 15) is 0 Å². The van der Waals surface area contributed by atoms with Crippen LogP contribution in [0, 0.1) is 6.92 Å². The Kier molecular flexibility index (Phi) is 7.25. The molecule has 0 amide bonds. The van der Waals surface area contributed by atoms with E-state index >= 15 is 0 Å². The van der Waals surface area contributed by atoms with E-state index in [1.165, 1.54) is 0 Å². The van der Waals surface area contributed by atoms with Crippen LogP contribution in [0.15, 0.2) is 27.7 Å². The first-order valence-electron chi connectivity index (χ1n) is 8.49. The van der Waals surface area contributed by atoms with Gasteiger partial charge in [-0.25, -0.2) is 0 Å². The number of aliphatic imine (C=N–C) groups is 1. The van der Waals surface area contributed by atoms with Gasteiger partial charge in [0.05, 0.1) is 14.2 Å². The predicted molar refractivity (Wildman–Crippen MR) is 99.7 cm³/mol. The number of aryl methyl sites for hydroxylation is 2. The Hall–Kier alpha value is -2.77. The van der Waals surface area contributed by atoms with Gasteiger partial charge < -0.3 is 24.2 Å². The summed E-state index contributed by atoms with van der Waals surface area (Å²) >= 11 is 0. The van der Waals surface area contributed by atoms with Crippen molar-refractivity contribution in [3.63, 3.8) is 0 Å². The molecule has 0 fully saturated rings. The Balaban J connectivity index is 1.87. The lowest BCUT2D eigenvalue weighted by Crippen LogP contribution is -2.39. The topological polar surface area (TPSA) is 85.0 Å². The zero-order valence-corrected chi connectivity index (χ0v) is 16.1. The Bertz CT molecular complexity index is 729. The van der Waals surface area contributed by atoms with Gasteiger partial charge in [0.15, 0.2) is 11.8 Å². The number of aromatic nitrogens is 2. The lowest BCUT2D eigenvalue weighted by molar-refractivity contribution is 0.371. The van der Waals surface area contributed by atoms with Gasteiger partial charge >= 0.3 is 0 Å². The monoisotopic (exact) mass is 361 g/mol. The summed E-state index contributed by atoms with van der Waals surface area (Å²) in [5.74, 6) is 3.70. The van der Waals surface area contributed by atoms with Crippen LogP contribution in [-0.2, 0) is 13.0 Å². The van der Waals surface area contributed by atoms with Crippen LogP contribution in [-0.4, -0.2) is 55.9 Å². The van der Waals surface area contributed by atoms with Crippen molar-refractivity contribution in [1.29, 1.82) is 0 Å². The molecule has 1 N–H and O–H groups in total. The van der Waals surface area contributed by atoms with Crippen molar-refractivity contribution >= 4 is 5.96 Å². The highest BCUT2D eigenvalue weighted by Crippen LogP contribution is 2.25. The summed E-state index contributed by atoms with van der Waals surface area (Å²) in [4.78, 5) is 10.6. The fraction of sp³-hybridized carbons (Fsp3) is 0.500. The van der Waals surface area contributed by atoms with Crippen molar-refractivity contribution in [3.05, 3.63) is 35.5 Å². The van der Waals surface area contributed by atoms with Crippen LogP contribution in [0.4, 0.5) is 0 Å². The second-order valence-corrected chi connectivity index (χ2v) is 5.85. The number of rotatable bonds is 8. The Labute approximate surface area is 154 Å². The maximum absolute atomic E-state index is 5.46. The maximum Gasteiger partial charge on any atom is 0.226 e. The molecule has 0 aliphatic rings. The minimum atomic E-state index is 0.662. The summed E-state index contributed by atoms with van der Waals surface area (Å²) in [6.07, 6.45) is 1.61. The van der Waals surface area contributed by atoms with Crippen molar-refractivity contribution in [2.45, 2.75) is 26.3 Å². The van der Waals surface area contributed by atoms with Gasteiger partial charge in [-0.1, -0.05) is 5.16 Å². The van der Waals surface area contributed by atoms with Crippen LogP contribution >= 0.6 is 0 Å². The van der Waals surface area contributed by atoms with Crippen LogP contribution < -0.4 is 14.8 Å². The molecule has 1 heterocycles. The average Bonchev–Trinajstić information content (AvgIpc) is 3.07. The zero-order chi connectivity index (χ0) is 18.9. The van der Waals surface area contributed by atoms with Crippen molar-refractivity contribution in [2.24, 2.45) is 4.99 Å². The third-order valence-corrected chi connectivity index (χ3v) is 3.90. The minimum absolute atomic E-state index is 0.662. The van der Waals surface area contributed by atoms with Gasteiger partial charge in [0, 0.05) is 45.2 Å². The molecule has 2 rings (SSSR count). The van der Waals surface area contributed by atoms with Gasteiger partial charge in [0.2, 0.25) is 5.89 Å². The molecule has 0 spiro atoms. The first-order chi connectivity index (χ1) is 12.6. The van der Waals surface area contributed by atoms with E-state index in [1.807, 2.05) is 37.1 Å². The molecular weight excluding hydrogens is 334 g/mol. The molecule has 142 valence electrons. The Morgan fingerprint density at radius 1 is 1.31 bits per heavy atom. The standard InChI is InChI=1S/C18H27N5O3/c1-13-21-17(26-22-13)7-6-10-20-18(19-2)23(3)12-14-8-9-15(24-4)11-16(14)25-5/h8-9,11H,6-7,10,12H2,1-5H3,(H,19,20). The number of nitrogens with one attached hydrogen (secondary N) is 1. The molecule has 8 heteroatoms. The summed E-state index contributed by atoms with van der Waals surface area (Å²) in [6.45, 7) is 3.24. The number of nitrogens with zero attached hydrogens (tertiary/aromatic N) is 4. The fourth-order valence-corrected chi connectivity index (χ4v) is 2.58. The predicted octanol–water partition coefficient (Wildman–Crippen LogP) is 2.04. The van der Waals surface area contributed by atoms with Crippen LogP contribution in [0.5, 0.6) is 11.5 Å².